The number of fused-ring (bicyclic) bond motifs is 1. The number of rotatable bonds is 0. The topological polar surface area (TPSA) is 9.23 Å². The Kier molecular flexibility index (Phi) is 2.28. The van der Waals surface area contributed by atoms with Gasteiger partial charge in [-0.25, -0.2) is 0 Å². The fourth-order valence-corrected chi connectivity index (χ4v) is 1.37. The van der Waals surface area contributed by atoms with Crippen LogP contribution in [0.1, 0.15) is 18.6 Å². The van der Waals surface area contributed by atoms with Crippen LogP contribution in [0, 0.1) is 6.92 Å². The minimum atomic E-state index is -2.80. The van der Waals surface area contributed by atoms with Gasteiger partial charge in [0, 0.05) is 0 Å². The molecular formula is C10H12F2O. The van der Waals surface area contributed by atoms with Crippen molar-refractivity contribution in [1.29, 1.82) is 0 Å². The predicted octanol–water partition coefficient (Wildman–Crippen LogP) is 3.12. The van der Waals surface area contributed by atoms with Crippen LogP contribution in [0.3, 0.4) is 0 Å². The van der Waals surface area contributed by atoms with E-state index in [0.29, 0.717) is 5.75 Å². The highest BCUT2D eigenvalue weighted by Crippen LogP contribution is 2.42. The number of alkyl halides is 2. The van der Waals surface area contributed by atoms with Gasteiger partial charge in [0.25, 0.3) is 0 Å². The number of benzene rings is 1. The number of para-hydroxylation sites is 1. The van der Waals surface area contributed by atoms with Gasteiger partial charge in [0.2, 0.25) is 0 Å². The van der Waals surface area contributed by atoms with E-state index < -0.39 is 12.5 Å². The highest BCUT2D eigenvalue weighted by Gasteiger charge is 2.41. The molecule has 0 unspecified atom stereocenters. The van der Waals surface area contributed by atoms with Crippen LogP contribution in [0.5, 0.6) is 5.75 Å². The van der Waals surface area contributed by atoms with Gasteiger partial charge < -0.3 is 4.74 Å². The van der Waals surface area contributed by atoms with E-state index in [1.54, 1.807) is 19.1 Å². The minimum Gasteiger partial charge on any atom is -0.486 e. The highest BCUT2D eigenvalue weighted by atomic mass is 19.3. The van der Waals surface area contributed by atoms with E-state index in [0.717, 1.165) is 5.56 Å². The summed E-state index contributed by atoms with van der Waals surface area (Å²) in [6.07, 6.45) is 0. The molecule has 1 aliphatic heterocycles. The number of ether oxygens (including phenoxy) is 1. The Bertz CT molecular complexity index is 321. The molecule has 0 radical (unpaired) electrons. The average molecular weight is 186 g/mol. The summed E-state index contributed by atoms with van der Waals surface area (Å²) in [7, 11) is 0. The van der Waals surface area contributed by atoms with E-state index >= 15 is 0 Å². The van der Waals surface area contributed by atoms with E-state index in [1.807, 2.05) is 0 Å². The van der Waals surface area contributed by atoms with Gasteiger partial charge in [0.15, 0.2) is 6.61 Å². The molecule has 3 heteroatoms. The SMILES string of the molecule is C.Cc1cccc2c1OCC2(F)F. The third-order valence-electron chi connectivity index (χ3n) is 2.00. The minimum absolute atomic E-state index is 0. The first-order valence-corrected chi connectivity index (χ1v) is 3.72. The lowest BCUT2D eigenvalue weighted by molar-refractivity contribution is -0.0214. The van der Waals surface area contributed by atoms with Crippen LogP contribution in [0.4, 0.5) is 8.78 Å². The summed E-state index contributed by atoms with van der Waals surface area (Å²) in [6, 6.07) is 4.80. The second-order valence-corrected chi connectivity index (χ2v) is 2.94. The molecule has 1 heterocycles. The molecule has 72 valence electrons. The first-order chi connectivity index (χ1) is 5.61. The molecule has 0 fully saturated rings. The van der Waals surface area contributed by atoms with Crippen LogP contribution in [0.15, 0.2) is 18.2 Å². The Morgan fingerprint density at radius 1 is 1.38 bits per heavy atom. The molecule has 0 spiro atoms. The Hall–Kier alpha value is -1.12. The van der Waals surface area contributed by atoms with Crippen molar-refractivity contribution in [2.45, 2.75) is 20.3 Å². The van der Waals surface area contributed by atoms with Gasteiger partial charge in [0.1, 0.15) is 5.75 Å². The van der Waals surface area contributed by atoms with Gasteiger partial charge >= 0.3 is 5.92 Å². The lowest BCUT2D eigenvalue weighted by atomic mass is 10.1. The summed E-state index contributed by atoms with van der Waals surface area (Å²) in [5.41, 5.74) is 0.784. The molecule has 1 aliphatic rings. The fraction of sp³-hybridized carbons (Fsp3) is 0.400. The Morgan fingerprint density at radius 3 is 2.69 bits per heavy atom. The van der Waals surface area contributed by atoms with Crippen molar-refractivity contribution in [2.24, 2.45) is 0 Å². The summed E-state index contributed by atoms with van der Waals surface area (Å²) < 4.78 is 30.9. The van der Waals surface area contributed by atoms with E-state index in [9.17, 15) is 8.78 Å². The number of halogens is 2. The lowest BCUT2D eigenvalue weighted by Gasteiger charge is -2.05. The molecular weight excluding hydrogens is 174 g/mol. The molecule has 0 atom stereocenters. The molecule has 0 saturated heterocycles. The van der Waals surface area contributed by atoms with Crippen LogP contribution in [0.2, 0.25) is 0 Å². The van der Waals surface area contributed by atoms with E-state index in [4.69, 9.17) is 4.74 Å². The Balaban J connectivity index is 0.000000845. The van der Waals surface area contributed by atoms with Gasteiger partial charge in [-0.15, -0.1) is 0 Å². The molecule has 2 rings (SSSR count). The van der Waals surface area contributed by atoms with Crippen LogP contribution in [0.25, 0.3) is 0 Å². The third kappa shape index (κ3) is 1.39. The summed E-state index contributed by atoms with van der Waals surface area (Å²) in [5.74, 6) is -2.45. The van der Waals surface area contributed by atoms with Crippen molar-refractivity contribution in [3.63, 3.8) is 0 Å². The highest BCUT2D eigenvalue weighted by molar-refractivity contribution is 5.45. The zero-order chi connectivity index (χ0) is 8.77. The zero-order valence-electron chi connectivity index (χ0n) is 6.60. The first kappa shape index (κ1) is 9.96. The van der Waals surface area contributed by atoms with E-state index in [2.05, 4.69) is 0 Å². The first-order valence-electron chi connectivity index (χ1n) is 3.72. The van der Waals surface area contributed by atoms with Gasteiger partial charge in [-0.3, -0.25) is 0 Å². The van der Waals surface area contributed by atoms with Gasteiger partial charge in [-0.1, -0.05) is 19.6 Å². The van der Waals surface area contributed by atoms with Crippen molar-refractivity contribution in [1.82, 2.24) is 0 Å². The number of aryl methyl sites for hydroxylation is 1. The van der Waals surface area contributed by atoms with Crippen molar-refractivity contribution in [3.8, 4) is 5.75 Å². The molecule has 1 aromatic carbocycles. The number of hydrogen-bond donors (Lipinski definition) is 0. The van der Waals surface area contributed by atoms with Gasteiger partial charge in [-0.05, 0) is 18.6 Å². The van der Waals surface area contributed by atoms with Gasteiger partial charge in [0.05, 0.1) is 5.56 Å². The maximum atomic E-state index is 13.0. The van der Waals surface area contributed by atoms with E-state index in [1.165, 1.54) is 6.07 Å². The predicted molar refractivity (Wildman–Crippen MR) is 47.3 cm³/mol. The van der Waals surface area contributed by atoms with Crippen LogP contribution in [-0.2, 0) is 5.92 Å². The molecule has 13 heavy (non-hydrogen) atoms. The Labute approximate surface area is 76.3 Å². The number of hydrogen-bond acceptors (Lipinski definition) is 1. The van der Waals surface area contributed by atoms with Crippen molar-refractivity contribution < 1.29 is 13.5 Å². The lowest BCUT2D eigenvalue weighted by Crippen LogP contribution is -2.14. The van der Waals surface area contributed by atoms with E-state index in [-0.39, 0.29) is 13.0 Å². The van der Waals surface area contributed by atoms with Gasteiger partial charge in [-0.2, -0.15) is 8.78 Å². The third-order valence-corrected chi connectivity index (χ3v) is 2.00. The van der Waals surface area contributed by atoms with Crippen LogP contribution >= 0.6 is 0 Å². The second-order valence-electron chi connectivity index (χ2n) is 2.94. The molecule has 1 nitrogen and oxygen atoms in total. The molecule has 0 saturated carbocycles. The smallest absolute Gasteiger partial charge is 0.310 e. The fourth-order valence-electron chi connectivity index (χ4n) is 1.37. The van der Waals surface area contributed by atoms with Crippen molar-refractivity contribution >= 4 is 0 Å². The molecule has 1 aromatic rings. The molecule has 0 amide bonds. The molecule has 0 aromatic heterocycles. The Morgan fingerprint density at radius 2 is 2.08 bits per heavy atom. The summed E-state index contributed by atoms with van der Waals surface area (Å²) >= 11 is 0. The van der Waals surface area contributed by atoms with Crippen molar-refractivity contribution in [3.05, 3.63) is 29.3 Å². The second kappa shape index (κ2) is 2.98. The zero-order valence-corrected chi connectivity index (χ0v) is 6.60. The largest absolute Gasteiger partial charge is 0.486 e. The standard InChI is InChI=1S/C9H8F2O.CH4/c1-6-3-2-4-7-8(6)12-5-9(7,10)11;/h2-4H,5H2,1H3;1H4. The monoisotopic (exact) mass is 186 g/mol. The van der Waals surface area contributed by atoms with Crippen LogP contribution < -0.4 is 4.74 Å². The molecule has 0 aliphatic carbocycles. The van der Waals surface area contributed by atoms with Crippen molar-refractivity contribution in [2.75, 3.05) is 6.61 Å². The average Bonchev–Trinajstić information content (AvgIpc) is 2.30. The normalized spacial score (nSPS) is 17.2. The van der Waals surface area contributed by atoms with Crippen LogP contribution in [-0.4, -0.2) is 6.61 Å². The maximum absolute atomic E-state index is 13.0. The summed E-state index contributed by atoms with van der Waals surface area (Å²) in [5, 5.41) is 0. The maximum Gasteiger partial charge on any atom is 0.310 e. The molecule has 0 bridgehead atoms. The summed E-state index contributed by atoms with van der Waals surface area (Å²) in [4.78, 5) is 0. The summed E-state index contributed by atoms with van der Waals surface area (Å²) in [6.45, 7) is 1.24. The molecule has 0 N–H and O–H groups in total. The quantitative estimate of drug-likeness (QED) is 0.604.